The van der Waals surface area contributed by atoms with Crippen molar-refractivity contribution in [2.75, 3.05) is 0 Å². The Labute approximate surface area is 99.2 Å². The van der Waals surface area contributed by atoms with Crippen molar-refractivity contribution in [3.8, 4) is 0 Å². The average Bonchev–Trinajstić information content (AvgIpc) is 2.42. The maximum atomic E-state index is 6.25. The zero-order valence-corrected chi connectivity index (χ0v) is 10.7. The van der Waals surface area contributed by atoms with E-state index in [1.807, 2.05) is 17.9 Å². The van der Waals surface area contributed by atoms with Crippen molar-refractivity contribution in [3.63, 3.8) is 0 Å². The Balaban J connectivity index is 2.27. The fraction of sp³-hybridized carbons (Fsp3) is 0.727. The van der Waals surface area contributed by atoms with Crippen LogP contribution in [0.2, 0.25) is 0 Å². The molecule has 84 valence electrons. The second kappa shape index (κ2) is 4.66. The molecule has 2 unspecified atom stereocenters. The van der Waals surface area contributed by atoms with Crippen molar-refractivity contribution < 1.29 is 0 Å². The van der Waals surface area contributed by atoms with Gasteiger partial charge in [-0.2, -0.15) is 5.10 Å². The topological polar surface area (TPSA) is 43.8 Å². The van der Waals surface area contributed by atoms with Crippen LogP contribution < -0.4 is 5.73 Å². The number of halogens is 1. The molecule has 0 aliphatic heterocycles. The van der Waals surface area contributed by atoms with Gasteiger partial charge in [-0.05, 0) is 28.8 Å². The first kappa shape index (κ1) is 11.1. The summed E-state index contributed by atoms with van der Waals surface area (Å²) in [5.41, 5.74) is 7.51. The van der Waals surface area contributed by atoms with E-state index in [1.165, 1.54) is 31.4 Å². The first-order valence-corrected chi connectivity index (χ1v) is 6.42. The van der Waals surface area contributed by atoms with E-state index in [9.17, 15) is 0 Å². The molecule has 0 spiro atoms. The lowest BCUT2D eigenvalue weighted by Gasteiger charge is -2.22. The Kier molecular flexibility index (Phi) is 3.46. The van der Waals surface area contributed by atoms with Gasteiger partial charge in [-0.25, -0.2) is 0 Å². The monoisotopic (exact) mass is 271 g/mol. The summed E-state index contributed by atoms with van der Waals surface area (Å²) in [7, 11) is 2.00. The SMILES string of the molecule is Cn1ncc(Br)c1C1CCCCCC1N. The van der Waals surface area contributed by atoms with Crippen LogP contribution in [0.15, 0.2) is 10.7 Å². The van der Waals surface area contributed by atoms with Gasteiger partial charge >= 0.3 is 0 Å². The lowest BCUT2D eigenvalue weighted by Crippen LogP contribution is -2.28. The van der Waals surface area contributed by atoms with Gasteiger partial charge in [0.15, 0.2) is 0 Å². The van der Waals surface area contributed by atoms with Crippen LogP contribution in [0.3, 0.4) is 0 Å². The Hall–Kier alpha value is -0.350. The van der Waals surface area contributed by atoms with Gasteiger partial charge in [-0.1, -0.05) is 19.3 Å². The molecule has 15 heavy (non-hydrogen) atoms. The maximum Gasteiger partial charge on any atom is 0.0635 e. The summed E-state index contributed by atoms with van der Waals surface area (Å²) < 4.78 is 3.06. The molecule has 3 nitrogen and oxygen atoms in total. The number of hydrogen-bond donors (Lipinski definition) is 1. The summed E-state index contributed by atoms with van der Waals surface area (Å²) >= 11 is 3.57. The first-order chi connectivity index (χ1) is 7.20. The minimum Gasteiger partial charge on any atom is -0.327 e. The van der Waals surface area contributed by atoms with Crippen LogP contribution in [0.4, 0.5) is 0 Å². The van der Waals surface area contributed by atoms with Gasteiger partial charge in [0.2, 0.25) is 0 Å². The lowest BCUT2D eigenvalue weighted by atomic mass is 9.92. The van der Waals surface area contributed by atoms with Crippen molar-refractivity contribution in [3.05, 3.63) is 16.4 Å². The summed E-state index contributed by atoms with van der Waals surface area (Å²) in [6.45, 7) is 0. The average molecular weight is 272 g/mol. The molecule has 1 aliphatic rings. The molecule has 1 saturated carbocycles. The van der Waals surface area contributed by atoms with Crippen molar-refractivity contribution in [1.29, 1.82) is 0 Å². The normalized spacial score (nSPS) is 27.7. The standard InChI is InChI=1S/C11H18BrN3/c1-15-11(9(12)7-14-15)8-5-3-2-4-6-10(8)13/h7-8,10H,2-6,13H2,1H3. The Morgan fingerprint density at radius 2 is 2.13 bits per heavy atom. The van der Waals surface area contributed by atoms with Crippen molar-refractivity contribution in [2.45, 2.75) is 44.1 Å². The molecular weight excluding hydrogens is 254 g/mol. The fourth-order valence-electron chi connectivity index (χ4n) is 2.51. The highest BCUT2D eigenvalue weighted by Crippen LogP contribution is 2.34. The summed E-state index contributed by atoms with van der Waals surface area (Å²) in [6.07, 6.45) is 8.08. The van der Waals surface area contributed by atoms with Crippen LogP contribution in [0.25, 0.3) is 0 Å². The molecule has 1 aromatic rings. The molecule has 0 radical (unpaired) electrons. The minimum absolute atomic E-state index is 0.291. The van der Waals surface area contributed by atoms with Crippen LogP contribution in [0.5, 0.6) is 0 Å². The highest BCUT2D eigenvalue weighted by molar-refractivity contribution is 9.10. The second-order valence-corrected chi connectivity index (χ2v) is 5.26. The van der Waals surface area contributed by atoms with Crippen LogP contribution in [0.1, 0.15) is 43.7 Å². The molecular formula is C11H18BrN3. The Morgan fingerprint density at radius 3 is 2.80 bits per heavy atom. The van der Waals surface area contributed by atoms with Crippen molar-refractivity contribution in [1.82, 2.24) is 9.78 Å². The molecule has 1 aromatic heterocycles. The number of nitrogens with two attached hydrogens (primary N) is 1. The number of nitrogens with zero attached hydrogens (tertiary/aromatic N) is 2. The van der Waals surface area contributed by atoms with E-state index in [4.69, 9.17) is 5.73 Å². The van der Waals surface area contributed by atoms with Gasteiger partial charge in [-0.3, -0.25) is 4.68 Å². The van der Waals surface area contributed by atoms with Crippen LogP contribution >= 0.6 is 15.9 Å². The summed E-state index contributed by atoms with van der Waals surface area (Å²) in [6, 6.07) is 0.291. The maximum absolute atomic E-state index is 6.25. The minimum atomic E-state index is 0.291. The van der Waals surface area contributed by atoms with E-state index in [0.29, 0.717) is 12.0 Å². The van der Waals surface area contributed by atoms with E-state index in [0.717, 1.165) is 10.9 Å². The van der Waals surface area contributed by atoms with Gasteiger partial charge in [0.05, 0.1) is 16.4 Å². The molecule has 0 bridgehead atoms. The molecule has 2 atom stereocenters. The first-order valence-electron chi connectivity index (χ1n) is 5.63. The Bertz CT molecular complexity index is 315. The van der Waals surface area contributed by atoms with E-state index in [2.05, 4.69) is 21.0 Å². The van der Waals surface area contributed by atoms with Gasteiger partial charge in [-0.15, -0.1) is 0 Å². The molecule has 2 rings (SSSR count). The summed E-state index contributed by atoms with van der Waals surface area (Å²) in [5, 5.41) is 4.27. The van der Waals surface area contributed by atoms with Crippen molar-refractivity contribution in [2.24, 2.45) is 12.8 Å². The fourth-order valence-corrected chi connectivity index (χ4v) is 3.16. The predicted octanol–water partition coefficient (Wildman–Crippen LogP) is 2.56. The van der Waals surface area contributed by atoms with E-state index in [1.54, 1.807) is 0 Å². The molecule has 0 saturated heterocycles. The van der Waals surface area contributed by atoms with Gasteiger partial charge < -0.3 is 5.73 Å². The quantitative estimate of drug-likeness (QED) is 0.798. The Morgan fingerprint density at radius 1 is 1.40 bits per heavy atom. The summed E-state index contributed by atoms with van der Waals surface area (Å²) in [4.78, 5) is 0. The van der Waals surface area contributed by atoms with Gasteiger partial charge in [0.25, 0.3) is 0 Å². The molecule has 1 fully saturated rings. The third-order valence-electron chi connectivity index (χ3n) is 3.36. The third-order valence-corrected chi connectivity index (χ3v) is 3.97. The smallest absolute Gasteiger partial charge is 0.0635 e. The molecule has 0 amide bonds. The molecule has 1 aliphatic carbocycles. The largest absolute Gasteiger partial charge is 0.327 e. The lowest BCUT2D eigenvalue weighted by molar-refractivity contribution is 0.473. The zero-order valence-electron chi connectivity index (χ0n) is 9.12. The molecule has 4 heteroatoms. The number of hydrogen-bond acceptors (Lipinski definition) is 2. The number of rotatable bonds is 1. The van der Waals surface area contributed by atoms with Gasteiger partial charge in [0.1, 0.15) is 0 Å². The van der Waals surface area contributed by atoms with Crippen molar-refractivity contribution >= 4 is 15.9 Å². The number of aryl methyl sites for hydroxylation is 1. The highest BCUT2D eigenvalue weighted by atomic mass is 79.9. The molecule has 2 N–H and O–H groups in total. The predicted molar refractivity (Wildman–Crippen MR) is 64.7 cm³/mol. The van der Waals surface area contributed by atoms with E-state index >= 15 is 0 Å². The van der Waals surface area contributed by atoms with Crippen LogP contribution in [0, 0.1) is 0 Å². The second-order valence-electron chi connectivity index (χ2n) is 4.41. The van der Waals surface area contributed by atoms with Gasteiger partial charge in [0, 0.05) is 19.0 Å². The zero-order chi connectivity index (χ0) is 10.8. The molecule has 1 heterocycles. The highest BCUT2D eigenvalue weighted by Gasteiger charge is 2.26. The summed E-state index contributed by atoms with van der Waals surface area (Å²) in [5.74, 6) is 0.467. The number of aromatic nitrogens is 2. The third kappa shape index (κ3) is 2.26. The van der Waals surface area contributed by atoms with E-state index in [-0.39, 0.29) is 0 Å². The molecule has 0 aromatic carbocycles. The van der Waals surface area contributed by atoms with Crippen LogP contribution in [-0.2, 0) is 7.05 Å². The van der Waals surface area contributed by atoms with Crippen LogP contribution in [-0.4, -0.2) is 15.8 Å². The van der Waals surface area contributed by atoms with E-state index < -0.39 is 0 Å².